The van der Waals surface area contributed by atoms with E-state index in [0.717, 1.165) is 5.75 Å². The molecule has 0 saturated heterocycles. The van der Waals surface area contributed by atoms with Crippen molar-refractivity contribution in [2.45, 2.75) is 32.8 Å². The first kappa shape index (κ1) is 13.9. The van der Waals surface area contributed by atoms with E-state index in [0.29, 0.717) is 30.0 Å². The number of hydrogen-bond acceptors (Lipinski definition) is 4. The highest BCUT2D eigenvalue weighted by Gasteiger charge is 2.10. The molecule has 1 aromatic carbocycles. The van der Waals surface area contributed by atoms with Gasteiger partial charge in [0.25, 0.3) is 5.89 Å². The van der Waals surface area contributed by atoms with Crippen LogP contribution in [0.15, 0.2) is 28.7 Å². The molecule has 102 valence electrons. The predicted octanol–water partition coefficient (Wildman–Crippen LogP) is 3.55. The van der Waals surface area contributed by atoms with Crippen LogP contribution in [0.4, 0.5) is 0 Å². The maximum absolute atomic E-state index is 5.75. The highest BCUT2D eigenvalue weighted by Crippen LogP contribution is 2.26. The van der Waals surface area contributed by atoms with E-state index < -0.39 is 0 Å². The fraction of sp³-hybridized carbons (Fsp3) is 0.429. The summed E-state index contributed by atoms with van der Waals surface area (Å²) >= 11 is 5.61. The Morgan fingerprint density at radius 2 is 1.95 bits per heavy atom. The summed E-state index contributed by atoms with van der Waals surface area (Å²) < 4.78 is 11.2. The number of ether oxygens (including phenoxy) is 1. The molecule has 2 rings (SSSR count). The number of alkyl halides is 1. The highest BCUT2D eigenvalue weighted by molar-refractivity contribution is 6.17. The normalized spacial score (nSPS) is 10.9. The Morgan fingerprint density at radius 3 is 2.68 bits per heavy atom. The maximum Gasteiger partial charge on any atom is 0.253 e. The Morgan fingerprint density at radius 1 is 1.21 bits per heavy atom. The first-order valence-electron chi connectivity index (χ1n) is 6.29. The molecule has 0 aliphatic heterocycles. The number of benzene rings is 1. The number of aromatic nitrogens is 2. The van der Waals surface area contributed by atoms with Gasteiger partial charge in [0.2, 0.25) is 5.89 Å². The molecule has 0 N–H and O–H groups in total. The van der Waals surface area contributed by atoms with Crippen molar-refractivity contribution in [3.8, 4) is 5.75 Å². The monoisotopic (exact) mass is 280 g/mol. The smallest absolute Gasteiger partial charge is 0.253 e. The summed E-state index contributed by atoms with van der Waals surface area (Å²) in [6.07, 6.45) is 0.580. The van der Waals surface area contributed by atoms with Gasteiger partial charge in [0.1, 0.15) is 5.75 Å². The lowest BCUT2D eigenvalue weighted by molar-refractivity contribution is 0.256. The van der Waals surface area contributed by atoms with Crippen LogP contribution >= 0.6 is 11.6 Å². The van der Waals surface area contributed by atoms with Crippen LogP contribution < -0.4 is 4.74 Å². The van der Waals surface area contributed by atoms with Gasteiger partial charge in [-0.25, -0.2) is 0 Å². The SMILES string of the molecule is CC(C)c1ccccc1OCc1nnc(CCCl)o1. The molecular weight excluding hydrogens is 264 g/mol. The van der Waals surface area contributed by atoms with E-state index in [-0.39, 0.29) is 6.61 Å². The molecule has 2 aromatic rings. The lowest BCUT2D eigenvalue weighted by Gasteiger charge is -2.12. The summed E-state index contributed by atoms with van der Waals surface area (Å²) in [6, 6.07) is 7.97. The van der Waals surface area contributed by atoms with Crippen LogP contribution in [-0.2, 0) is 13.0 Å². The van der Waals surface area contributed by atoms with Crippen LogP contribution in [0.3, 0.4) is 0 Å². The average Bonchev–Trinajstić information content (AvgIpc) is 2.85. The number of para-hydroxylation sites is 1. The predicted molar refractivity (Wildman–Crippen MR) is 73.6 cm³/mol. The fourth-order valence-corrected chi connectivity index (χ4v) is 1.92. The lowest BCUT2D eigenvalue weighted by atomic mass is 10.0. The topological polar surface area (TPSA) is 48.2 Å². The second-order valence-electron chi connectivity index (χ2n) is 4.51. The first-order valence-corrected chi connectivity index (χ1v) is 6.83. The van der Waals surface area contributed by atoms with E-state index >= 15 is 0 Å². The molecule has 0 aliphatic rings. The van der Waals surface area contributed by atoms with E-state index in [1.807, 2.05) is 18.2 Å². The summed E-state index contributed by atoms with van der Waals surface area (Å²) in [6.45, 7) is 4.54. The molecule has 0 aliphatic carbocycles. The first-order chi connectivity index (χ1) is 9.20. The summed E-state index contributed by atoms with van der Waals surface area (Å²) in [5, 5.41) is 7.82. The Bertz CT molecular complexity index is 526. The highest BCUT2D eigenvalue weighted by atomic mass is 35.5. The molecule has 0 bridgehead atoms. The standard InChI is InChI=1S/C14H17ClN2O2/c1-10(2)11-5-3-4-6-12(11)18-9-14-17-16-13(19-14)7-8-15/h3-6,10H,7-9H2,1-2H3. The molecular formula is C14H17ClN2O2. The van der Waals surface area contributed by atoms with Gasteiger partial charge in [-0.15, -0.1) is 21.8 Å². The Hall–Kier alpha value is -1.55. The molecule has 0 amide bonds. The summed E-state index contributed by atoms with van der Waals surface area (Å²) in [5.74, 6) is 2.75. The van der Waals surface area contributed by atoms with Crippen molar-refractivity contribution < 1.29 is 9.15 Å². The second kappa shape index (κ2) is 6.57. The number of nitrogens with zero attached hydrogens (tertiary/aromatic N) is 2. The molecule has 0 unspecified atom stereocenters. The Labute approximate surface area is 117 Å². The van der Waals surface area contributed by atoms with Crippen molar-refractivity contribution in [2.24, 2.45) is 0 Å². The zero-order valence-corrected chi connectivity index (χ0v) is 11.9. The average molecular weight is 281 g/mol. The van der Waals surface area contributed by atoms with Gasteiger partial charge >= 0.3 is 0 Å². The molecule has 1 heterocycles. The van der Waals surface area contributed by atoms with Crippen molar-refractivity contribution >= 4 is 11.6 Å². The minimum absolute atomic E-state index is 0.277. The van der Waals surface area contributed by atoms with E-state index in [2.05, 4.69) is 30.1 Å². The minimum atomic E-state index is 0.277. The number of aryl methyl sites for hydroxylation is 1. The van der Waals surface area contributed by atoms with Crippen LogP contribution in [-0.4, -0.2) is 16.1 Å². The van der Waals surface area contributed by atoms with Gasteiger partial charge in [-0.1, -0.05) is 32.0 Å². The third kappa shape index (κ3) is 3.70. The molecule has 5 heteroatoms. The van der Waals surface area contributed by atoms with E-state index in [9.17, 15) is 0 Å². The van der Waals surface area contributed by atoms with Crippen LogP contribution in [0, 0.1) is 0 Å². The van der Waals surface area contributed by atoms with Crippen LogP contribution in [0.2, 0.25) is 0 Å². The van der Waals surface area contributed by atoms with E-state index in [1.165, 1.54) is 5.56 Å². The quantitative estimate of drug-likeness (QED) is 0.759. The molecule has 1 aromatic heterocycles. The zero-order chi connectivity index (χ0) is 13.7. The summed E-state index contributed by atoms with van der Waals surface area (Å²) in [4.78, 5) is 0. The molecule has 0 fully saturated rings. The van der Waals surface area contributed by atoms with Crippen LogP contribution in [0.5, 0.6) is 5.75 Å². The summed E-state index contributed by atoms with van der Waals surface area (Å²) in [5.41, 5.74) is 1.17. The molecule has 0 saturated carbocycles. The molecule has 4 nitrogen and oxygen atoms in total. The van der Waals surface area contributed by atoms with Gasteiger partial charge in [-0.3, -0.25) is 0 Å². The lowest BCUT2D eigenvalue weighted by Crippen LogP contribution is -2.00. The third-order valence-corrected chi connectivity index (χ3v) is 2.90. The van der Waals surface area contributed by atoms with Crippen LogP contribution in [0.25, 0.3) is 0 Å². The van der Waals surface area contributed by atoms with Crippen molar-refractivity contribution in [2.75, 3.05) is 5.88 Å². The minimum Gasteiger partial charge on any atom is -0.484 e. The summed E-state index contributed by atoms with van der Waals surface area (Å²) in [7, 11) is 0. The van der Waals surface area contributed by atoms with Gasteiger partial charge in [0.05, 0.1) is 0 Å². The number of rotatable bonds is 6. The second-order valence-corrected chi connectivity index (χ2v) is 4.89. The zero-order valence-electron chi connectivity index (χ0n) is 11.1. The Balaban J connectivity index is 2.01. The van der Waals surface area contributed by atoms with Crippen molar-refractivity contribution in [1.29, 1.82) is 0 Å². The number of hydrogen-bond donors (Lipinski definition) is 0. The van der Waals surface area contributed by atoms with Crippen molar-refractivity contribution in [3.63, 3.8) is 0 Å². The van der Waals surface area contributed by atoms with Crippen molar-refractivity contribution in [3.05, 3.63) is 41.6 Å². The van der Waals surface area contributed by atoms with Gasteiger partial charge in [-0.2, -0.15) is 0 Å². The largest absolute Gasteiger partial charge is 0.484 e. The molecule has 0 spiro atoms. The van der Waals surface area contributed by atoms with Gasteiger partial charge in [-0.05, 0) is 17.5 Å². The Kier molecular flexibility index (Phi) is 4.80. The molecule has 0 atom stereocenters. The number of halogens is 1. The van der Waals surface area contributed by atoms with E-state index in [4.69, 9.17) is 20.8 Å². The molecule has 0 radical (unpaired) electrons. The molecule has 19 heavy (non-hydrogen) atoms. The van der Waals surface area contributed by atoms with Gasteiger partial charge in [0.15, 0.2) is 6.61 Å². The van der Waals surface area contributed by atoms with E-state index in [1.54, 1.807) is 0 Å². The van der Waals surface area contributed by atoms with Crippen molar-refractivity contribution in [1.82, 2.24) is 10.2 Å². The maximum atomic E-state index is 5.75. The van der Waals surface area contributed by atoms with Gasteiger partial charge < -0.3 is 9.15 Å². The third-order valence-electron chi connectivity index (χ3n) is 2.71. The fourth-order valence-electron chi connectivity index (χ4n) is 1.76. The van der Waals surface area contributed by atoms with Gasteiger partial charge in [0, 0.05) is 12.3 Å². The van der Waals surface area contributed by atoms with Crippen LogP contribution in [0.1, 0.15) is 37.1 Å².